The Kier molecular flexibility index (Phi) is 3.55. The number of aromatic amines is 1. The molecule has 2 N–H and O–H groups in total. The van der Waals surface area contributed by atoms with E-state index >= 15 is 0 Å². The fraction of sp³-hybridized carbons (Fsp3) is 0.150. The van der Waals surface area contributed by atoms with Gasteiger partial charge in [0.1, 0.15) is 11.2 Å². The summed E-state index contributed by atoms with van der Waals surface area (Å²) in [5.74, 6) is 0.750. The highest BCUT2D eigenvalue weighted by molar-refractivity contribution is 6.31. The quantitative estimate of drug-likeness (QED) is 0.554. The monoisotopic (exact) mass is 378 g/mol. The molecule has 6 nitrogen and oxygen atoms in total. The molecule has 1 fully saturated rings. The lowest BCUT2D eigenvalue weighted by molar-refractivity contribution is 0.0916. The van der Waals surface area contributed by atoms with Gasteiger partial charge in [-0.05, 0) is 37.1 Å². The molecular formula is C20H15ClN4O2. The number of carbonyl (C=O) groups excluding carboxylic acids is 1. The van der Waals surface area contributed by atoms with Crippen molar-refractivity contribution in [3.63, 3.8) is 0 Å². The first-order chi connectivity index (χ1) is 13.1. The number of amides is 1. The highest BCUT2D eigenvalue weighted by Gasteiger charge is 2.51. The van der Waals surface area contributed by atoms with Crippen LogP contribution < -0.4 is 5.32 Å². The first-order valence-corrected chi connectivity index (χ1v) is 9.01. The van der Waals surface area contributed by atoms with E-state index in [0.717, 1.165) is 29.3 Å². The van der Waals surface area contributed by atoms with Crippen LogP contribution >= 0.6 is 11.6 Å². The minimum absolute atomic E-state index is 0.209. The van der Waals surface area contributed by atoms with Crippen molar-refractivity contribution < 1.29 is 9.32 Å². The molecule has 2 heterocycles. The van der Waals surface area contributed by atoms with Crippen LogP contribution in [0.3, 0.4) is 0 Å². The Balaban J connectivity index is 1.39. The molecule has 1 amide bonds. The molecule has 7 heteroatoms. The minimum Gasteiger partial charge on any atom is -0.351 e. The van der Waals surface area contributed by atoms with Crippen molar-refractivity contribution >= 4 is 28.4 Å². The second-order valence-corrected chi connectivity index (χ2v) is 7.18. The lowest BCUT2D eigenvalue weighted by Gasteiger charge is -2.11. The van der Waals surface area contributed by atoms with Crippen LogP contribution in [0.4, 0.5) is 0 Å². The predicted molar refractivity (Wildman–Crippen MR) is 101 cm³/mol. The largest absolute Gasteiger partial charge is 0.351 e. The highest BCUT2D eigenvalue weighted by atomic mass is 35.5. The number of benzene rings is 2. The molecular weight excluding hydrogens is 364 g/mol. The van der Waals surface area contributed by atoms with Crippen molar-refractivity contribution in [2.45, 2.75) is 18.4 Å². The molecule has 1 saturated carbocycles. The summed E-state index contributed by atoms with van der Waals surface area (Å²) in [5.41, 5.74) is 1.62. The van der Waals surface area contributed by atoms with E-state index < -0.39 is 5.54 Å². The molecule has 1 aliphatic carbocycles. The molecule has 27 heavy (non-hydrogen) atoms. The number of nitrogens with zero attached hydrogens (tertiary/aromatic N) is 2. The Labute approximate surface area is 159 Å². The molecule has 0 bridgehead atoms. The maximum atomic E-state index is 12.7. The zero-order valence-electron chi connectivity index (χ0n) is 14.2. The van der Waals surface area contributed by atoms with Crippen LogP contribution in [0.2, 0.25) is 5.02 Å². The smallest absolute Gasteiger partial charge is 0.268 e. The van der Waals surface area contributed by atoms with Gasteiger partial charge in [-0.2, -0.15) is 4.98 Å². The SMILES string of the molecule is O=C(NC1(c2nc(-c3ccccc3)no2)CC1)c1cc2cc(Cl)ccc2[nH]1. The van der Waals surface area contributed by atoms with Gasteiger partial charge in [-0.15, -0.1) is 0 Å². The van der Waals surface area contributed by atoms with Crippen molar-refractivity contribution in [3.8, 4) is 11.4 Å². The van der Waals surface area contributed by atoms with E-state index in [1.165, 1.54) is 0 Å². The van der Waals surface area contributed by atoms with Gasteiger partial charge in [-0.25, -0.2) is 0 Å². The molecule has 0 spiro atoms. The van der Waals surface area contributed by atoms with Crippen molar-refractivity contribution in [1.82, 2.24) is 20.4 Å². The summed E-state index contributed by atoms with van der Waals surface area (Å²) in [6, 6.07) is 16.9. The third-order valence-electron chi connectivity index (χ3n) is 4.80. The van der Waals surface area contributed by atoms with Gasteiger partial charge in [-0.1, -0.05) is 47.1 Å². The van der Waals surface area contributed by atoms with E-state index in [0.29, 0.717) is 22.4 Å². The molecule has 0 aliphatic heterocycles. The van der Waals surface area contributed by atoms with Gasteiger partial charge < -0.3 is 14.8 Å². The Morgan fingerprint density at radius 2 is 1.96 bits per heavy atom. The van der Waals surface area contributed by atoms with Gasteiger partial charge in [0.15, 0.2) is 0 Å². The molecule has 2 aromatic carbocycles. The molecule has 0 radical (unpaired) electrons. The topological polar surface area (TPSA) is 83.8 Å². The number of hydrogen-bond acceptors (Lipinski definition) is 4. The van der Waals surface area contributed by atoms with E-state index in [1.54, 1.807) is 12.1 Å². The van der Waals surface area contributed by atoms with E-state index in [2.05, 4.69) is 20.4 Å². The summed E-state index contributed by atoms with van der Waals surface area (Å²) in [6.45, 7) is 0. The fourth-order valence-corrected chi connectivity index (χ4v) is 3.33. The van der Waals surface area contributed by atoms with E-state index in [9.17, 15) is 4.79 Å². The molecule has 0 atom stereocenters. The molecule has 1 aliphatic rings. The third-order valence-corrected chi connectivity index (χ3v) is 5.03. The highest BCUT2D eigenvalue weighted by Crippen LogP contribution is 2.45. The summed E-state index contributed by atoms with van der Waals surface area (Å²) in [4.78, 5) is 20.4. The van der Waals surface area contributed by atoms with Crippen LogP contribution in [-0.2, 0) is 5.54 Å². The van der Waals surface area contributed by atoms with E-state index in [-0.39, 0.29) is 5.91 Å². The molecule has 0 saturated heterocycles. The lowest BCUT2D eigenvalue weighted by atomic mass is 10.2. The van der Waals surface area contributed by atoms with Gasteiger partial charge in [-0.3, -0.25) is 4.79 Å². The Hall–Kier alpha value is -3.12. The standard InChI is InChI=1S/C20H15ClN4O2/c21-14-6-7-15-13(10-14)11-16(22-15)18(26)24-20(8-9-20)19-23-17(25-27-19)12-4-2-1-3-5-12/h1-7,10-11,22H,8-9H2,(H,24,26). The van der Waals surface area contributed by atoms with Gasteiger partial charge in [0.2, 0.25) is 5.82 Å². The van der Waals surface area contributed by atoms with Crippen molar-refractivity contribution in [3.05, 3.63) is 71.2 Å². The van der Waals surface area contributed by atoms with Crippen LogP contribution in [0.15, 0.2) is 59.1 Å². The first kappa shape index (κ1) is 16.1. The lowest BCUT2D eigenvalue weighted by Crippen LogP contribution is -2.35. The van der Waals surface area contributed by atoms with Crippen LogP contribution in [0.1, 0.15) is 29.2 Å². The molecule has 0 unspecified atom stereocenters. The molecule has 134 valence electrons. The summed E-state index contributed by atoms with van der Waals surface area (Å²) < 4.78 is 5.45. The average Bonchev–Trinajstić information content (AvgIpc) is 3.11. The maximum Gasteiger partial charge on any atom is 0.268 e. The van der Waals surface area contributed by atoms with Crippen LogP contribution in [0, 0.1) is 0 Å². The van der Waals surface area contributed by atoms with Crippen molar-refractivity contribution in [2.24, 2.45) is 0 Å². The van der Waals surface area contributed by atoms with Crippen LogP contribution in [0.25, 0.3) is 22.3 Å². The minimum atomic E-state index is -0.591. The second-order valence-electron chi connectivity index (χ2n) is 6.74. The fourth-order valence-electron chi connectivity index (χ4n) is 3.15. The number of halogens is 1. The number of H-pyrrole nitrogens is 1. The number of carbonyl (C=O) groups is 1. The van der Waals surface area contributed by atoms with Crippen molar-refractivity contribution in [1.29, 1.82) is 0 Å². The van der Waals surface area contributed by atoms with Gasteiger partial charge in [0.25, 0.3) is 11.8 Å². The summed E-state index contributed by atoms with van der Waals surface area (Å²) >= 11 is 6.01. The average molecular weight is 379 g/mol. The number of fused-ring (bicyclic) bond motifs is 1. The maximum absolute atomic E-state index is 12.7. The zero-order valence-corrected chi connectivity index (χ0v) is 15.0. The Bertz CT molecular complexity index is 1150. The normalized spacial score (nSPS) is 15.0. The molecule has 4 aromatic rings. The zero-order chi connectivity index (χ0) is 18.4. The Morgan fingerprint density at radius 3 is 2.74 bits per heavy atom. The van der Waals surface area contributed by atoms with Gasteiger partial charge in [0, 0.05) is 21.5 Å². The van der Waals surface area contributed by atoms with Crippen LogP contribution in [0.5, 0.6) is 0 Å². The second kappa shape index (κ2) is 5.96. The van der Waals surface area contributed by atoms with Crippen LogP contribution in [-0.4, -0.2) is 21.0 Å². The predicted octanol–water partition coefficient (Wildman–Crippen LogP) is 4.29. The Morgan fingerprint density at radius 1 is 1.15 bits per heavy atom. The molecule has 5 rings (SSSR count). The van der Waals surface area contributed by atoms with E-state index in [1.807, 2.05) is 42.5 Å². The van der Waals surface area contributed by atoms with Gasteiger partial charge in [0.05, 0.1) is 0 Å². The first-order valence-electron chi connectivity index (χ1n) is 8.63. The summed E-state index contributed by atoms with van der Waals surface area (Å²) in [5, 5.41) is 8.62. The van der Waals surface area contributed by atoms with Crippen molar-refractivity contribution in [2.75, 3.05) is 0 Å². The third kappa shape index (κ3) is 2.88. The van der Waals surface area contributed by atoms with Gasteiger partial charge >= 0.3 is 0 Å². The summed E-state index contributed by atoms with van der Waals surface area (Å²) in [6.07, 6.45) is 1.53. The summed E-state index contributed by atoms with van der Waals surface area (Å²) in [7, 11) is 0. The molecule has 2 aromatic heterocycles. The number of rotatable bonds is 4. The number of aromatic nitrogens is 3. The van der Waals surface area contributed by atoms with E-state index in [4.69, 9.17) is 16.1 Å². The number of hydrogen-bond donors (Lipinski definition) is 2. The number of nitrogens with one attached hydrogen (secondary N) is 2.